The van der Waals surface area contributed by atoms with Crippen molar-refractivity contribution in [2.24, 2.45) is 5.11 Å². The SMILES string of the molecule is Cc1cc(C(F)(F)F)ccc1C#CCCN=[N+]=[N-]. The van der Waals surface area contributed by atoms with Gasteiger partial charge in [0.05, 0.1) is 5.56 Å². The molecule has 0 aliphatic carbocycles. The minimum atomic E-state index is -4.34. The number of azide groups is 1. The first-order valence-electron chi connectivity index (χ1n) is 5.12. The number of nitrogens with zero attached hydrogens (tertiary/aromatic N) is 3. The maximum absolute atomic E-state index is 12.4. The number of aryl methyl sites for hydroxylation is 1. The van der Waals surface area contributed by atoms with Crippen molar-refractivity contribution in [3.63, 3.8) is 0 Å². The minimum Gasteiger partial charge on any atom is -0.166 e. The molecule has 94 valence electrons. The Morgan fingerprint density at radius 2 is 2.11 bits per heavy atom. The smallest absolute Gasteiger partial charge is 0.166 e. The third-order valence-corrected chi connectivity index (χ3v) is 2.18. The van der Waals surface area contributed by atoms with Gasteiger partial charge >= 0.3 is 6.18 Å². The van der Waals surface area contributed by atoms with Crippen LogP contribution in [0.15, 0.2) is 23.3 Å². The van der Waals surface area contributed by atoms with E-state index in [-0.39, 0.29) is 6.54 Å². The van der Waals surface area contributed by atoms with Gasteiger partial charge in [-0.15, -0.1) is 0 Å². The Kier molecular flexibility index (Phi) is 4.64. The second-order valence-electron chi connectivity index (χ2n) is 3.53. The minimum absolute atomic E-state index is 0.253. The molecule has 0 saturated carbocycles. The summed E-state index contributed by atoms with van der Waals surface area (Å²) in [6, 6.07) is 3.42. The average Bonchev–Trinajstić information content (AvgIpc) is 2.29. The maximum Gasteiger partial charge on any atom is 0.416 e. The highest BCUT2D eigenvalue weighted by atomic mass is 19.4. The lowest BCUT2D eigenvalue weighted by molar-refractivity contribution is -0.137. The van der Waals surface area contributed by atoms with Crippen molar-refractivity contribution in [1.82, 2.24) is 0 Å². The van der Waals surface area contributed by atoms with Crippen LogP contribution in [0.5, 0.6) is 0 Å². The number of hydrogen-bond acceptors (Lipinski definition) is 1. The molecular weight excluding hydrogens is 243 g/mol. The van der Waals surface area contributed by atoms with E-state index in [0.29, 0.717) is 17.5 Å². The summed E-state index contributed by atoms with van der Waals surface area (Å²) < 4.78 is 37.2. The van der Waals surface area contributed by atoms with Crippen LogP contribution in [0, 0.1) is 18.8 Å². The summed E-state index contributed by atoms with van der Waals surface area (Å²) in [5.74, 6) is 5.49. The molecule has 3 nitrogen and oxygen atoms in total. The highest BCUT2D eigenvalue weighted by Gasteiger charge is 2.30. The van der Waals surface area contributed by atoms with E-state index in [9.17, 15) is 13.2 Å². The highest BCUT2D eigenvalue weighted by Crippen LogP contribution is 2.30. The molecule has 0 bridgehead atoms. The maximum atomic E-state index is 12.4. The molecule has 0 aliphatic heterocycles. The Morgan fingerprint density at radius 1 is 1.39 bits per heavy atom. The van der Waals surface area contributed by atoms with Gasteiger partial charge in [0.15, 0.2) is 0 Å². The zero-order valence-corrected chi connectivity index (χ0v) is 9.62. The molecule has 0 unspecified atom stereocenters. The fraction of sp³-hybridized carbons (Fsp3) is 0.333. The molecule has 0 fully saturated rings. The number of alkyl halides is 3. The number of benzene rings is 1. The van der Waals surface area contributed by atoms with Gasteiger partial charge in [-0.2, -0.15) is 13.2 Å². The lowest BCUT2D eigenvalue weighted by Gasteiger charge is -2.07. The molecule has 0 saturated heterocycles. The quantitative estimate of drug-likeness (QED) is 0.251. The van der Waals surface area contributed by atoms with Gasteiger partial charge in [-0.05, 0) is 36.2 Å². The molecule has 6 heteroatoms. The predicted molar refractivity (Wildman–Crippen MR) is 61.7 cm³/mol. The third kappa shape index (κ3) is 4.04. The molecule has 0 heterocycles. The van der Waals surface area contributed by atoms with Gasteiger partial charge < -0.3 is 0 Å². The third-order valence-electron chi connectivity index (χ3n) is 2.18. The Labute approximate surface area is 102 Å². The molecular formula is C12H10F3N3. The second kappa shape index (κ2) is 5.99. The van der Waals surface area contributed by atoms with Gasteiger partial charge in [0.1, 0.15) is 0 Å². The van der Waals surface area contributed by atoms with Gasteiger partial charge in [0, 0.05) is 23.4 Å². The Morgan fingerprint density at radius 3 is 2.67 bits per heavy atom. The van der Waals surface area contributed by atoms with Crippen molar-refractivity contribution >= 4 is 0 Å². The standard InChI is InChI=1S/C12H10F3N3/c1-9-8-11(12(13,14)15)6-5-10(9)4-2-3-7-17-18-16/h5-6,8H,3,7H2,1H3. The van der Waals surface area contributed by atoms with Crippen LogP contribution in [0.1, 0.15) is 23.1 Å². The number of rotatable bonds is 2. The summed E-state index contributed by atoms with van der Waals surface area (Å²) in [6.45, 7) is 1.83. The number of halogens is 3. The largest absolute Gasteiger partial charge is 0.416 e. The van der Waals surface area contributed by atoms with E-state index in [4.69, 9.17) is 5.53 Å². The molecule has 0 spiro atoms. The average molecular weight is 253 g/mol. The van der Waals surface area contributed by atoms with E-state index < -0.39 is 11.7 Å². The monoisotopic (exact) mass is 253 g/mol. The lowest BCUT2D eigenvalue weighted by atomic mass is 10.1. The first-order valence-corrected chi connectivity index (χ1v) is 5.12. The molecule has 1 rings (SSSR count). The van der Waals surface area contributed by atoms with Crippen LogP contribution in [0.4, 0.5) is 13.2 Å². The molecule has 1 aromatic rings. The highest BCUT2D eigenvalue weighted by molar-refractivity contribution is 5.43. The van der Waals surface area contributed by atoms with Crippen molar-refractivity contribution in [3.05, 3.63) is 45.3 Å². The zero-order chi connectivity index (χ0) is 13.6. The van der Waals surface area contributed by atoms with Gasteiger partial charge in [-0.3, -0.25) is 0 Å². The summed E-state index contributed by atoms with van der Waals surface area (Å²) in [4.78, 5) is 2.57. The summed E-state index contributed by atoms with van der Waals surface area (Å²) in [6.07, 6.45) is -3.96. The van der Waals surface area contributed by atoms with E-state index in [1.54, 1.807) is 6.92 Å². The van der Waals surface area contributed by atoms with Crippen molar-refractivity contribution in [1.29, 1.82) is 0 Å². The first kappa shape index (κ1) is 13.9. The van der Waals surface area contributed by atoms with Gasteiger partial charge in [0.25, 0.3) is 0 Å². The van der Waals surface area contributed by atoms with Crippen LogP contribution in [0.2, 0.25) is 0 Å². The van der Waals surface area contributed by atoms with Crippen molar-refractivity contribution in [2.75, 3.05) is 6.54 Å². The van der Waals surface area contributed by atoms with Crippen LogP contribution in [0.25, 0.3) is 10.4 Å². The summed E-state index contributed by atoms with van der Waals surface area (Å²) in [5.41, 5.74) is 8.37. The van der Waals surface area contributed by atoms with Gasteiger partial charge in [-0.1, -0.05) is 17.0 Å². The van der Waals surface area contributed by atoms with Gasteiger partial charge in [0.2, 0.25) is 0 Å². The molecule has 1 aromatic carbocycles. The van der Waals surface area contributed by atoms with Crippen molar-refractivity contribution in [3.8, 4) is 11.8 Å². The van der Waals surface area contributed by atoms with Crippen LogP contribution in [-0.2, 0) is 6.18 Å². The van der Waals surface area contributed by atoms with E-state index in [0.717, 1.165) is 12.1 Å². The van der Waals surface area contributed by atoms with E-state index >= 15 is 0 Å². The summed E-state index contributed by atoms with van der Waals surface area (Å²) in [7, 11) is 0. The number of hydrogen-bond donors (Lipinski definition) is 0. The fourth-order valence-electron chi connectivity index (χ4n) is 1.29. The van der Waals surface area contributed by atoms with Crippen molar-refractivity contribution < 1.29 is 13.2 Å². The Hall–Kier alpha value is -2.12. The lowest BCUT2D eigenvalue weighted by Crippen LogP contribution is -2.05. The van der Waals surface area contributed by atoms with E-state index in [1.807, 2.05) is 0 Å². The zero-order valence-electron chi connectivity index (χ0n) is 9.62. The Bertz CT molecular complexity index is 532. The van der Waals surface area contributed by atoms with Crippen LogP contribution < -0.4 is 0 Å². The molecule has 0 radical (unpaired) electrons. The fourth-order valence-corrected chi connectivity index (χ4v) is 1.29. The molecule has 0 amide bonds. The van der Waals surface area contributed by atoms with Crippen LogP contribution in [-0.4, -0.2) is 6.54 Å². The van der Waals surface area contributed by atoms with Crippen LogP contribution >= 0.6 is 0 Å². The summed E-state index contributed by atoms with van der Waals surface area (Å²) >= 11 is 0. The predicted octanol–water partition coefficient (Wildman–Crippen LogP) is 4.07. The summed E-state index contributed by atoms with van der Waals surface area (Å²) in [5, 5.41) is 3.30. The Balaban J connectivity index is 2.83. The topological polar surface area (TPSA) is 48.8 Å². The molecule has 0 aromatic heterocycles. The first-order chi connectivity index (χ1) is 8.45. The van der Waals surface area contributed by atoms with E-state index in [2.05, 4.69) is 21.9 Å². The molecule has 0 N–H and O–H groups in total. The van der Waals surface area contributed by atoms with E-state index in [1.165, 1.54) is 6.07 Å². The molecule has 0 aliphatic rings. The van der Waals surface area contributed by atoms with Crippen LogP contribution in [0.3, 0.4) is 0 Å². The second-order valence-corrected chi connectivity index (χ2v) is 3.53. The molecule has 18 heavy (non-hydrogen) atoms. The van der Waals surface area contributed by atoms with Gasteiger partial charge in [-0.25, -0.2) is 0 Å². The normalized spacial score (nSPS) is 10.2. The van der Waals surface area contributed by atoms with Crippen molar-refractivity contribution in [2.45, 2.75) is 19.5 Å². The molecule has 0 atom stereocenters.